The highest BCUT2D eigenvalue weighted by molar-refractivity contribution is 7.71. The summed E-state index contributed by atoms with van der Waals surface area (Å²) >= 11 is 5.58. The van der Waals surface area contributed by atoms with Crippen LogP contribution in [0.5, 0.6) is 11.5 Å². The number of carbonyl (C=O) groups is 1. The summed E-state index contributed by atoms with van der Waals surface area (Å²) in [6.45, 7) is 5.88. The maximum atomic E-state index is 11.8. The molecule has 1 amide bonds. The van der Waals surface area contributed by atoms with Crippen molar-refractivity contribution in [1.82, 2.24) is 24.1 Å². The van der Waals surface area contributed by atoms with E-state index in [-0.39, 0.29) is 12.2 Å². The molecule has 1 fully saturated rings. The minimum absolute atomic E-state index is 0.251. The Labute approximate surface area is 174 Å². The lowest BCUT2D eigenvalue weighted by atomic mass is 10.2. The van der Waals surface area contributed by atoms with Crippen LogP contribution in [0.15, 0.2) is 24.3 Å². The first-order valence-corrected chi connectivity index (χ1v) is 10.1. The quantitative estimate of drug-likeness (QED) is 0.704. The third-order valence-corrected chi connectivity index (χ3v) is 5.59. The van der Waals surface area contributed by atoms with Crippen molar-refractivity contribution in [1.29, 1.82) is 0 Å². The Morgan fingerprint density at radius 3 is 2.69 bits per heavy atom. The summed E-state index contributed by atoms with van der Waals surface area (Å²) in [7, 11) is 1.89. The van der Waals surface area contributed by atoms with E-state index in [1.807, 2.05) is 42.8 Å². The van der Waals surface area contributed by atoms with E-state index in [9.17, 15) is 4.79 Å². The van der Waals surface area contributed by atoms with E-state index in [1.165, 1.54) is 0 Å². The smallest absolute Gasteiger partial charge is 0.409 e. The number of carbonyl (C=O) groups excluding carboxylic acids is 1. The number of fused-ring (bicyclic) bond motifs is 1. The number of nitrogens with zero attached hydrogens (tertiary/aromatic N) is 5. The average molecular weight is 420 g/mol. The fourth-order valence-corrected chi connectivity index (χ4v) is 3.69. The molecule has 1 atom stereocenters. The Bertz CT molecular complexity index is 935. The summed E-state index contributed by atoms with van der Waals surface area (Å²) in [5.41, 5.74) is 0. The Balaban J connectivity index is 1.42. The Kier molecular flexibility index (Phi) is 5.72. The van der Waals surface area contributed by atoms with E-state index < -0.39 is 0 Å². The molecule has 2 aliphatic rings. The minimum atomic E-state index is -0.321. The van der Waals surface area contributed by atoms with Crippen LogP contribution < -0.4 is 9.47 Å². The number of hydrogen-bond donors (Lipinski definition) is 0. The highest BCUT2D eigenvalue weighted by Crippen LogP contribution is 2.35. The summed E-state index contributed by atoms with van der Waals surface area (Å²) in [6, 6.07) is 7.60. The van der Waals surface area contributed by atoms with Crippen LogP contribution in [0.4, 0.5) is 4.79 Å². The lowest BCUT2D eigenvalue weighted by molar-refractivity contribution is 0.0679. The van der Waals surface area contributed by atoms with Crippen LogP contribution >= 0.6 is 12.2 Å². The van der Waals surface area contributed by atoms with Gasteiger partial charge in [-0.25, -0.2) is 9.48 Å². The first-order chi connectivity index (χ1) is 14.1. The third kappa shape index (κ3) is 4.08. The number of benzene rings is 1. The van der Waals surface area contributed by atoms with E-state index in [4.69, 9.17) is 31.5 Å². The van der Waals surface area contributed by atoms with Gasteiger partial charge in [-0.15, -0.1) is 0 Å². The maximum Gasteiger partial charge on any atom is 0.409 e. The normalized spacial score (nSPS) is 19.2. The van der Waals surface area contributed by atoms with Crippen molar-refractivity contribution in [2.24, 2.45) is 7.05 Å². The summed E-state index contributed by atoms with van der Waals surface area (Å²) < 4.78 is 21.3. The first-order valence-electron chi connectivity index (χ1n) is 9.73. The molecule has 0 bridgehead atoms. The van der Waals surface area contributed by atoms with Gasteiger partial charge in [-0.05, 0) is 31.3 Å². The SMILES string of the molecule is CCOC(=O)N1CCN(Cn2nc(C3COc4ccccc4O3)n(C)c2=S)CC1. The topological polar surface area (TPSA) is 74.0 Å². The van der Waals surface area contributed by atoms with Crippen molar-refractivity contribution in [2.45, 2.75) is 19.7 Å². The van der Waals surface area contributed by atoms with Crippen molar-refractivity contribution in [3.63, 3.8) is 0 Å². The number of aromatic nitrogens is 3. The van der Waals surface area contributed by atoms with E-state index >= 15 is 0 Å². The molecule has 3 heterocycles. The van der Waals surface area contributed by atoms with Crippen LogP contribution in [0.25, 0.3) is 0 Å². The number of para-hydroxylation sites is 2. The van der Waals surface area contributed by atoms with Gasteiger partial charge in [0.1, 0.15) is 6.61 Å². The van der Waals surface area contributed by atoms with Gasteiger partial charge < -0.3 is 23.7 Å². The molecule has 9 nitrogen and oxygen atoms in total. The molecule has 1 aromatic heterocycles. The van der Waals surface area contributed by atoms with Crippen LogP contribution in [0.3, 0.4) is 0 Å². The molecular formula is C19H25N5O4S. The van der Waals surface area contributed by atoms with Gasteiger partial charge in [0.05, 0.1) is 13.3 Å². The van der Waals surface area contributed by atoms with Crippen LogP contribution in [0.1, 0.15) is 18.9 Å². The molecule has 0 N–H and O–H groups in total. The van der Waals surface area contributed by atoms with Crippen LogP contribution in [0.2, 0.25) is 0 Å². The second kappa shape index (κ2) is 8.42. The number of rotatable bonds is 4. The molecule has 10 heteroatoms. The van der Waals surface area contributed by atoms with Gasteiger partial charge in [0.25, 0.3) is 0 Å². The molecule has 1 saturated heterocycles. The second-order valence-electron chi connectivity index (χ2n) is 7.01. The molecule has 0 saturated carbocycles. The van der Waals surface area contributed by atoms with E-state index in [0.717, 1.165) is 24.7 Å². The molecule has 1 unspecified atom stereocenters. The zero-order valence-electron chi connectivity index (χ0n) is 16.6. The van der Waals surface area contributed by atoms with Crippen LogP contribution in [-0.2, 0) is 18.5 Å². The zero-order chi connectivity index (χ0) is 20.4. The standard InChI is InChI=1S/C19H25N5O4S/c1-3-26-19(25)23-10-8-22(9-11-23)13-24-18(29)21(2)17(20-24)16-12-27-14-6-4-5-7-15(14)28-16/h4-7,16H,3,8-13H2,1-2H3. The predicted octanol–water partition coefficient (Wildman–Crippen LogP) is 2.20. The largest absolute Gasteiger partial charge is 0.485 e. The predicted molar refractivity (Wildman–Crippen MR) is 108 cm³/mol. The van der Waals surface area contributed by atoms with Gasteiger partial charge in [-0.1, -0.05) is 12.1 Å². The first kappa shape index (κ1) is 19.7. The molecule has 0 aliphatic carbocycles. The molecule has 4 rings (SSSR count). The van der Waals surface area contributed by atoms with Gasteiger partial charge in [0.2, 0.25) is 0 Å². The molecule has 1 aromatic carbocycles. The number of amides is 1. The van der Waals surface area contributed by atoms with Gasteiger partial charge >= 0.3 is 6.09 Å². The second-order valence-corrected chi connectivity index (χ2v) is 7.37. The number of ether oxygens (including phenoxy) is 3. The Hall–Kier alpha value is -2.59. The van der Waals surface area contributed by atoms with Crippen molar-refractivity contribution >= 4 is 18.3 Å². The van der Waals surface area contributed by atoms with Crippen LogP contribution in [-0.4, -0.2) is 69.6 Å². The van der Waals surface area contributed by atoms with Crippen molar-refractivity contribution in [2.75, 3.05) is 39.4 Å². The van der Waals surface area contributed by atoms with E-state index in [1.54, 1.807) is 9.58 Å². The average Bonchev–Trinajstić information content (AvgIpc) is 3.02. The molecule has 0 radical (unpaired) electrons. The Morgan fingerprint density at radius 1 is 1.24 bits per heavy atom. The van der Waals surface area contributed by atoms with E-state index in [2.05, 4.69) is 4.90 Å². The number of piperazine rings is 1. The van der Waals surface area contributed by atoms with Crippen molar-refractivity contribution < 1.29 is 19.0 Å². The summed E-state index contributed by atoms with van der Waals surface area (Å²) in [4.78, 5) is 15.8. The van der Waals surface area contributed by atoms with E-state index in [0.29, 0.717) is 43.5 Å². The molecule has 2 aromatic rings. The fourth-order valence-electron chi connectivity index (χ4n) is 3.50. The summed E-state index contributed by atoms with van der Waals surface area (Å²) in [5, 5.41) is 4.71. The highest BCUT2D eigenvalue weighted by Gasteiger charge is 2.28. The van der Waals surface area contributed by atoms with Gasteiger partial charge in [0, 0.05) is 33.2 Å². The highest BCUT2D eigenvalue weighted by atomic mass is 32.1. The fraction of sp³-hybridized carbons (Fsp3) is 0.526. The molecule has 2 aliphatic heterocycles. The van der Waals surface area contributed by atoms with Crippen molar-refractivity contribution in [3.05, 3.63) is 34.9 Å². The van der Waals surface area contributed by atoms with Gasteiger partial charge in [-0.2, -0.15) is 5.10 Å². The maximum absolute atomic E-state index is 11.8. The minimum Gasteiger partial charge on any atom is -0.485 e. The molecule has 29 heavy (non-hydrogen) atoms. The summed E-state index contributed by atoms with van der Waals surface area (Å²) in [6.07, 6.45) is -0.572. The lowest BCUT2D eigenvalue weighted by Crippen LogP contribution is -2.49. The van der Waals surface area contributed by atoms with Gasteiger partial charge in [-0.3, -0.25) is 4.90 Å². The van der Waals surface area contributed by atoms with Gasteiger partial charge in [0.15, 0.2) is 28.2 Å². The third-order valence-electron chi connectivity index (χ3n) is 5.10. The Morgan fingerprint density at radius 2 is 1.97 bits per heavy atom. The molecule has 0 spiro atoms. The summed E-state index contributed by atoms with van der Waals surface area (Å²) in [5.74, 6) is 2.18. The van der Waals surface area contributed by atoms with Crippen molar-refractivity contribution in [3.8, 4) is 11.5 Å². The molecule has 156 valence electrons. The lowest BCUT2D eigenvalue weighted by Gasteiger charge is -2.33. The number of hydrogen-bond acceptors (Lipinski definition) is 7. The monoisotopic (exact) mass is 419 g/mol. The van der Waals surface area contributed by atoms with Crippen LogP contribution in [0, 0.1) is 4.77 Å². The molecular weight excluding hydrogens is 394 g/mol. The zero-order valence-corrected chi connectivity index (χ0v) is 17.4.